The molecule has 1 fully saturated rings. The van der Waals surface area contributed by atoms with E-state index in [1.165, 1.54) is 6.07 Å². The van der Waals surface area contributed by atoms with Gasteiger partial charge in [-0.15, -0.1) is 0 Å². The SMILES string of the molecule is C=C(O)CCc1ccc(C(=C)N=C(C)c2cnc(OCC3CC3)c(O)c2)cc1F. The number of pyridine rings is 1. The monoisotopic (exact) mass is 396 g/mol. The average molecular weight is 396 g/mol. The fraction of sp³-hybridized carbons (Fsp3) is 0.304. The van der Waals surface area contributed by atoms with Crippen molar-refractivity contribution in [2.75, 3.05) is 6.61 Å². The molecule has 6 heteroatoms. The van der Waals surface area contributed by atoms with Crippen molar-refractivity contribution in [2.45, 2.75) is 32.6 Å². The van der Waals surface area contributed by atoms with Gasteiger partial charge in [0.15, 0.2) is 5.75 Å². The molecular weight excluding hydrogens is 371 g/mol. The standard InChI is InChI=1S/C23H25FN2O3/c1-14(27)4-7-18-8-9-19(10-21(18)24)15(2)26-16(3)20-11-22(28)23(25-12-20)29-13-17-5-6-17/h8-12,17,27-28H,1-2,4-7,13H2,3H3. The van der Waals surface area contributed by atoms with E-state index in [1.54, 1.807) is 31.3 Å². The summed E-state index contributed by atoms with van der Waals surface area (Å²) in [5.74, 6) is 0.393. The number of ether oxygens (including phenoxy) is 1. The number of nitrogens with zero attached hydrogens (tertiary/aromatic N) is 2. The Labute approximate surface area is 169 Å². The first-order valence-electron chi connectivity index (χ1n) is 9.55. The Morgan fingerprint density at radius 1 is 1.28 bits per heavy atom. The zero-order chi connectivity index (χ0) is 21.0. The number of hydrogen-bond donors (Lipinski definition) is 2. The van der Waals surface area contributed by atoms with Crippen molar-refractivity contribution in [3.05, 3.63) is 71.9 Å². The van der Waals surface area contributed by atoms with Crippen LogP contribution in [0.1, 0.15) is 42.9 Å². The molecule has 5 nitrogen and oxygen atoms in total. The van der Waals surface area contributed by atoms with Gasteiger partial charge in [0.25, 0.3) is 5.88 Å². The maximum Gasteiger partial charge on any atom is 0.256 e. The molecule has 2 N–H and O–H groups in total. The molecule has 29 heavy (non-hydrogen) atoms. The van der Waals surface area contributed by atoms with E-state index in [1.807, 2.05) is 0 Å². The first-order chi connectivity index (χ1) is 13.8. The maximum atomic E-state index is 14.3. The smallest absolute Gasteiger partial charge is 0.256 e. The van der Waals surface area contributed by atoms with E-state index in [-0.39, 0.29) is 23.2 Å². The highest BCUT2D eigenvalue weighted by Crippen LogP contribution is 2.31. The molecule has 0 unspecified atom stereocenters. The summed E-state index contributed by atoms with van der Waals surface area (Å²) >= 11 is 0. The van der Waals surface area contributed by atoms with E-state index in [0.29, 0.717) is 53.5 Å². The lowest BCUT2D eigenvalue weighted by Gasteiger charge is -2.09. The number of aromatic hydroxyl groups is 1. The summed E-state index contributed by atoms with van der Waals surface area (Å²) in [4.78, 5) is 8.60. The Morgan fingerprint density at radius 2 is 2.03 bits per heavy atom. The number of benzene rings is 1. The third kappa shape index (κ3) is 5.67. The van der Waals surface area contributed by atoms with Crippen molar-refractivity contribution in [3.63, 3.8) is 0 Å². The molecule has 0 bridgehead atoms. The van der Waals surface area contributed by atoms with Crippen molar-refractivity contribution in [1.29, 1.82) is 0 Å². The van der Waals surface area contributed by atoms with Crippen LogP contribution < -0.4 is 4.74 Å². The largest absolute Gasteiger partial charge is 0.513 e. The molecule has 1 aromatic heterocycles. The molecule has 0 aliphatic heterocycles. The topological polar surface area (TPSA) is 74.9 Å². The van der Waals surface area contributed by atoms with E-state index >= 15 is 0 Å². The van der Waals surface area contributed by atoms with Crippen LogP contribution >= 0.6 is 0 Å². The number of aliphatic hydroxyl groups excluding tert-OH is 1. The summed E-state index contributed by atoms with van der Waals surface area (Å²) in [6.45, 7) is 9.66. The Bertz CT molecular complexity index is 965. The highest BCUT2D eigenvalue weighted by atomic mass is 19.1. The van der Waals surface area contributed by atoms with Gasteiger partial charge in [0.05, 0.1) is 18.1 Å². The van der Waals surface area contributed by atoms with Crippen molar-refractivity contribution < 1.29 is 19.3 Å². The summed E-state index contributed by atoms with van der Waals surface area (Å²) in [7, 11) is 0. The van der Waals surface area contributed by atoms with Gasteiger partial charge in [-0.1, -0.05) is 25.3 Å². The van der Waals surface area contributed by atoms with E-state index in [0.717, 1.165) is 12.8 Å². The average Bonchev–Trinajstić information content (AvgIpc) is 3.50. The second-order valence-electron chi connectivity index (χ2n) is 7.32. The third-order valence-corrected chi connectivity index (χ3v) is 4.77. The van der Waals surface area contributed by atoms with E-state index in [4.69, 9.17) is 9.84 Å². The molecular formula is C23H25FN2O3. The number of aliphatic hydroxyl groups is 1. The first-order valence-corrected chi connectivity index (χ1v) is 9.55. The summed E-state index contributed by atoms with van der Waals surface area (Å²) in [6, 6.07) is 6.32. The molecule has 1 aliphatic rings. The number of allylic oxidation sites excluding steroid dienone is 1. The van der Waals surface area contributed by atoms with Crippen LogP contribution in [-0.2, 0) is 6.42 Å². The normalized spacial score (nSPS) is 13.9. The molecule has 3 rings (SSSR count). The fourth-order valence-corrected chi connectivity index (χ4v) is 2.77. The van der Waals surface area contributed by atoms with Crippen molar-refractivity contribution in [2.24, 2.45) is 10.9 Å². The second-order valence-corrected chi connectivity index (χ2v) is 7.32. The maximum absolute atomic E-state index is 14.3. The van der Waals surface area contributed by atoms with Crippen LogP contribution in [0.25, 0.3) is 5.70 Å². The molecule has 1 aliphatic carbocycles. The van der Waals surface area contributed by atoms with Crippen LogP contribution in [0.15, 0.2) is 54.4 Å². The van der Waals surface area contributed by atoms with Crippen molar-refractivity contribution >= 4 is 11.4 Å². The van der Waals surface area contributed by atoms with Gasteiger partial charge >= 0.3 is 0 Å². The second kappa shape index (κ2) is 8.90. The van der Waals surface area contributed by atoms with Gasteiger partial charge in [-0.25, -0.2) is 9.37 Å². The predicted molar refractivity (Wildman–Crippen MR) is 112 cm³/mol. The van der Waals surface area contributed by atoms with E-state index in [9.17, 15) is 9.50 Å². The minimum absolute atomic E-state index is 0.0268. The molecule has 0 spiro atoms. The minimum Gasteiger partial charge on any atom is -0.513 e. The molecule has 2 aromatic rings. The fourth-order valence-electron chi connectivity index (χ4n) is 2.77. The molecule has 152 valence electrons. The first kappa shape index (κ1) is 20.6. The number of halogens is 1. The number of hydrogen-bond acceptors (Lipinski definition) is 5. The van der Waals surface area contributed by atoms with Gasteiger partial charge in [-0.3, -0.25) is 4.99 Å². The molecule has 1 saturated carbocycles. The zero-order valence-electron chi connectivity index (χ0n) is 16.5. The van der Waals surface area contributed by atoms with Crippen LogP contribution in [0.4, 0.5) is 4.39 Å². The van der Waals surface area contributed by atoms with Crippen LogP contribution in [0, 0.1) is 11.7 Å². The van der Waals surface area contributed by atoms with Crippen molar-refractivity contribution in [1.82, 2.24) is 4.98 Å². The third-order valence-electron chi connectivity index (χ3n) is 4.77. The van der Waals surface area contributed by atoms with Crippen LogP contribution in [-0.4, -0.2) is 27.5 Å². The van der Waals surface area contributed by atoms with Gasteiger partial charge in [-0.05, 0) is 49.8 Å². The number of aromatic nitrogens is 1. The lowest BCUT2D eigenvalue weighted by molar-refractivity contribution is 0.272. The van der Waals surface area contributed by atoms with Crippen LogP contribution in [0.5, 0.6) is 11.6 Å². The molecule has 1 aromatic carbocycles. The van der Waals surface area contributed by atoms with Gasteiger partial charge < -0.3 is 14.9 Å². The quantitative estimate of drug-likeness (QED) is 0.451. The van der Waals surface area contributed by atoms with Gasteiger partial charge in [0, 0.05) is 29.5 Å². The van der Waals surface area contributed by atoms with Crippen LogP contribution in [0.2, 0.25) is 0 Å². The molecule has 1 heterocycles. The Hall–Kier alpha value is -3.15. The molecule has 0 saturated heterocycles. The minimum atomic E-state index is -0.380. The Morgan fingerprint density at radius 3 is 2.66 bits per heavy atom. The lowest BCUT2D eigenvalue weighted by Crippen LogP contribution is -2.03. The number of aryl methyl sites for hydroxylation is 1. The van der Waals surface area contributed by atoms with Gasteiger partial charge in [0.1, 0.15) is 5.82 Å². The summed E-state index contributed by atoms with van der Waals surface area (Å²) < 4.78 is 19.8. The highest BCUT2D eigenvalue weighted by molar-refractivity contribution is 6.01. The lowest BCUT2D eigenvalue weighted by atomic mass is 10.0. The molecule has 0 radical (unpaired) electrons. The van der Waals surface area contributed by atoms with Gasteiger partial charge in [-0.2, -0.15) is 0 Å². The van der Waals surface area contributed by atoms with E-state index < -0.39 is 0 Å². The summed E-state index contributed by atoms with van der Waals surface area (Å²) in [5.41, 5.74) is 2.66. The van der Waals surface area contributed by atoms with Crippen molar-refractivity contribution in [3.8, 4) is 11.6 Å². The van der Waals surface area contributed by atoms with Gasteiger partial charge in [0.2, 0.25) is 0 Å². The Kier molecular flexibility index (Phi) is 6.32. The van der Waals surface area contributed by atoms with E-state index in [2.05, 4.69) is 23.1 Å². The number of aliphatic imine (C=N–C) groups is 1. The highest BCUT2D eigenvalue weighted by Gasteiger charge is 2.22. The molecule has 0 amide bonds. The van der Waals surface area contributed by atoms with Crippen LogP contribution in [0.3, 0.4) is 0 Å². The summed E-state index contributed by atoms with van der Waals surface area (Å²) in [6.07, 6.45) is 4.58. The Balaban J connectivity index is 1.70. The summed E-state index contributed by atoms with van der Waals surface area (Å²) in [5, 5.41) is 19.3. The zero-order valence-corrected chi connectivity index (χ0v) is 16.5. The predicted octanol–water partition coefficient (Wildman–Crippen LogP) is 5.20. The number of rotatable bonds is 9. The molecule has 0 atom stereocenters.